The summed E-state index contributed by atoms with van der Waals surface area (Å²) in [6.07, 6.45) is 0. The lowest BCUT2D eigenvalue weighted by atomic mass is 9.99. The number of rotatable bonds is 5. The number of hydrogen-bond acceptors (Lipinski definition) is 3. The molecule has 0 bridgehead atoms. The second kappa shape index (κ2) is 6.58. The summed E-state index contributed by atoms with van der Waals surface area (Å²) in [7, 11) is 2.22. The summed E-state index contributed by atoms with van der Waals surface area (Å²) >= 11 is 0. The Kier molecular flexibility index (Phi) is 5.73. The maximum atomic E-state index is 3.50. The quantitative estimate of drug-likeness (QED) is 0.763. The van der Waals surface area contributed by atoms with Gasteiger partial charge in [0.15, 0.2) is 0 Å². The molecule has 3 nitrogen and oxygen atoms in total. The van der Waals surface area contributed by atoms with Crippen molar-refractivity contribution < 1.29 is 0 Å². The van der Waals surface area contributed by atoms with Crippen LogP contribution in [-0.4, -0.2) is 61.7 Å². The molecule has 2 atom stereocenters. The molecule has 0 radical (unpaired) electrons. The van der Waals surface area contributed by atoms with Crippen molar-refractivity contribution in [2.24, 2.45) is 5.92 Å². The second-order valence-electron chi connectivity index (χ2n) is 5.47. The summed E-state index contributed by atoms with van der Waals surface area (Å²) in [6.45, 7) is 15.1. The minimum Gasteiger partial charge on any atom is -0.315 e. The molecule has 0 amide bonds. The highest BCUT2D eigenvalue weighted by Crippen LogP contribution is 2.17. The van der Waals surface area contributed by atoms with Crippen LogP contribution in [-0.2, 0) is 0 Å². The van der Waals surface area contributed by atoms with Crippen molar-refractivity contribution in [3.63, 3.8) is 0 Å². The van der Waals surface area contributed by atoms with Crippen molar-refractivity contribution in [2.45, 2.75) is 39.8 Å². The average Bonchev–Trinajstić information content (AvgIpc) is 2.20. The van der Waals surface area contributed by atoms with E-state index in [-0.39, 0.29) is 0 Å². The predicted molar refractivity (Wildman–Crippen MR) is 70.8 cm³/mol. The van der Waals surface area contributed by atoms with Gasteiger partial charge in [0.05, 0.1) is 0 Å². The van der Waals surface area contributed by atoms with Crippen molar-refractivity contribution in [1.29, 1.82) is 0 Å². The highest BCUT2D eigenvalue weighted by molar-refractivity contribution is 4.85. The molecule has 1 heterocycles. The largest absolute Gasteiger partial charge is 0.315 e. The molecular weight excluding hydrogens is 198 g/mol. The number of nitrogens with zero attached hydrogens (tertiary/aromatic N) is 2. The average molecular weight is 227 g/mol. The molecule has 0 aromatic carbocycles. The van der Waals surface area contributed by atoms with Gasteiger partial charge in [-0.25, -0.2) is 0 Å². The second-order valence-corrected chi connectivity index (χ2v) is 5.47. The zero-order valence-electron chi connectivity index (χ0n) is 11.7. The Morgan fingerprint density at radius 1 is 1.31 bits per heavy atom. The predicted octanol–water partition coefficient (Wildman–Crippen LogP) is 1.26. The van der Waals surface area contributed by atoms with Crippen molar-refractivity contribution in [3.05, 3.63) is 0 Å². The molecule has 0 aliphatic carbocycles. The van der Waals surface area contributed by atoms with E-state index in [2.05, 4.69) is 49.9 Å². The van der Waals surface area contributed by atoms with Crippen LogP contribution in [0, 0.1) is 5.92 Å². The van der Waals surface area contributed by atoms with Gasteiger partial charge in [-0.1, -0.05) is 20.8 Å². The highest BCUT2D eigenvalue weighted by Gasteiger charge is 2.29. The molecule has 0 aromatic heterocycles. The van der Waals surface area contributed by atoms with Gasteiger partial charge < -0.3 is 10.2 Å². The summed E-state index contributed by atoms with van der Waals surface area (Å²) in [5.41, 5.74) is 0. The van der Waals surface area contributed by atoms with E-state index in [0.29, 0.717) is 12.1 Å². The van der Waals surface area contributed by atoms with Gasteiger partial charge in [-0.05, 0) is 26.4 Å². The van der Waals surface area contributed by atoms with Gasteiger partial charge in [0.1, 0.15) is 0 Å². The first kappa shape index (κ1) is 13.9. The Labute approximate surface area is 101 Å². The van der Waals surface area contributed by atoms with Gasteiger partial charge in [0.2, 0.25) is 0 Å². The first-order valence-electron chi connectivity index (χ1n) is 6.71. The normalized spacial score (nSPS) is 26.2. The van der Waals surface area contributed by atoms with Crippen molar-refractivity contribution in [1.82, 2.24) is 15.1 Å². The summed E-state index contributed by atoms with van der Waals surface area (Å²) in [5.74, 6) is 0.727. The van der Waals surface area contributed by atoms with Gasteiger partial charge in [-0.3, -0.25) is 4.90 Å². The lowest BCUT2D eigenvalue weighted by Crippen LogP contribution is -2.58. The highest BCUT2D eigenvalue weighted by atomic mass is 15.3. The molecule has 1 fully saturated rings. The number of likely N-dealkylation sites (N-methyl/N-ethyl adjacent to an activating group) is 2. The molecule has 1 N–H and O–H groups in total. The van der Waals surface area contributed by atoms with Crippen LogP contribution in [0.3, 0.4) is 0 Å². The molecule has 1 rings (SSSR count). The monoisotopic (exact) mass is 227 g/mol. The Bertz CT molecular complexity index is 192. The molecule has 1 aliphatic rings. The minimum absolute atomic E-state index is 0.684. The topological polar surface area (TPSA) is 18.5 Å². The Morgan fingerprint density at radius 3 is 2.50 bits per heavy atom. The van der Waals surface area contributed by atoms with Crippen LogP contribution in [0.25, 0.3) is 0 Å². The summed E-state index contributed by atoms with van der Waals surface area (Å²) in [4.78, 5) is 5.12. The van der Waals surface area contributed by atoms with E-state index in [9.17, 15) is 0 Å². The van der Waals surface area contributed by atoms with Crippen molar-refractivity contribution in [3.8, 4) is 0 Å². The molecule has 1 saturated heterocycles. The fourth-order valence-corrected chi connectivity index (χ4v) is 2.67. The summed E-state index contributed by atoms with van der Waals surface area (Å²) in [5, 5.41) is 3.50. The number of hydrogen-bond donors (Lipinski definition) is 1. The third-order valence-electron chi connectivity index (χ3n) is 3.68. The van der Waals surface area contributed by atoms with Crippen LogP contribution in [0.2, 0.25) is 0 Å². The zero-order chi connectivity index (χ0) is 12.1. The molecular formula is C13H29N3. The molecule has 0 saturated carbocycles. The van der Waals surface area contributed by atoms with E-state index in [0.717, 1.165) is 19.0 Å². The zero-order valence-corrected chi connectivity index (χ0v) is 11.7. The first-order valence-corrected chi connectivity index (χ1v) is 6.71. The molecule has 96 valence electrons. The van der Waals surface area contributed by atoms with E-state index in [4.69, 9.17) is 0 Å². The van der Waals surface area contributed by atoms with E-state index >= 15 is 0 Å². The van der Waals surface area contributed by atoms with Crippen LogP contribution < -0.4 is 5.32 Å². The fourth-order valence-electron chi connectivity index (χ4n) is 2.67. The SMILES string of the molecule is CCNCC(C(C)C)N1CCN(C)CC1C. The third-order valence-corrected chi connectivity index (χ3v) is 3.68. The molecule has 16 heavy (non-hydrogen) atoms. The summed E-state index contributed by atoms with van der Waals surface area (Å²) < 4.78 is 0. The molecule has 0 spiro atoms. The van der Waals surface area contributed by atoms with E-state index in [1.54, 1.807) is 0 Å². The smallest absolute Gasteiger partial charge is 0.0247 e. The van der Waals surface area contributed by atoms with Crippen molar-refractivity contribution in [2.75, 3.05) is 39.8 Å². The van der Waals surface area contributed by atoms with E-state index in [1.807, 2.05) is 0 Å². The number of piperazine rings is 1. The molecule has 2 unspecified atom stereocenters. The maximum Gasteiger partial charge on any atom is 0.0247 e. The van der Waals surface area contributed by atoms with Gasteiger partial charge in [-0.2, -0.15) is 0 Å². The summed E-state index contributed by atoms with van der Waals surface area (Å²) in [6, 6.07) is 1.37. The Hall–Kier alpha value is -0.120. The maximum absolute atomic E-state index is 3.50. The van der Waals surface area contributed by atoms with Crippen molar-refractivity contribution >= 4 is 0 Å². The van der Waals surface area contributed by atoms with Crippen LogP contribution in [0.5, 0.6) is 0 Å². The first-order chi connectivity index (χ1) is 7.56. The lowest BCUT2D eigenvalue weighted by Gasteiger charge is -2.44. The van der Waals surface area contributed by atoms with Crippen LogP contribution in [0.1, 0.15) is 27.7 Å². The standard InChI is InChI=1S/C13H29N3/c1-6-14-9-13(11(2)3)16-8-7-15(5)10-12(16)4/h11-14H,6-10H2,1-5H3. The van der Waals surface area contributed by atoms with Gasteiger partial charge >= 0.3 is 0 Å². The molecule has 1 aliphatic heterocycles. The van der Waals surface area contributed by atoms with Gasteiger partial charge in [0.25, 0.3) is 0 Å². The van der Waals surface area contributed by atoms with Gasteiger partial charge in [-0.15, -0.1) is 0 Å². The lowest BCUT2D eigenvalue weighted by molar-refractivity contribution is 0.0426. The third kappa shape index (κ3) is 3.72. The Morgan fingerprint density at radius 2 is 2.00 bits per heavy atom. The van der Waals surface area contributed by atoms with Crippen LogP contribution in [0.4, 0.5) is 0 Å². The van der Waals surface area contributed by atoms with Gasteiger partial charge in [0, 0.05) is 38.3 Å². The van der Waals surface area contributed by atoms with E-state index in [1.165, 1.54) is 19.6 Å². The van der Waals surface area contributed by atoms with Crippen LogP contribution in [0.15, 0.2) is 0 Å². The molecule has 3 heteroatoms. The molecule has 0 aromatic rings. The minimum atomic E-state index is 0.684. The fraction of sp³-hybridized carbons (Fsp3) is 1.00. The van der Waals surface area contributed by atoms with E-state index < -0.39 is 0 Å². The number of nitrogens with one attached hydrogen (secondary N) is 1. The Balaban J connectivity index is 2.55. The van der Waals surface area contributed by atoms with Crippen LogP contribution >= 0.6 is 0 Å².